The molecular weight excluding hydrogens is 458 g/mol. The molecule has 170 valence electrons. The van der Waals surface area contributed by atoms with Crippen LogP contribution in [0.5, 0.6) is 11.5 Å². The average molecular weight is 475 g/mol. The van der Waals surface area contributed by atoms with Crippen LogP contribution >= 0.6 is 11.8 Å². The van der Waals surface area contributed by atoms with Crippen LogP contribution in [0.25, 0.3) is 12.2 Å². The minimum Gasteiger partial charge on any atom is -0.454 e. The van der Waals surface area contributed by atoms with Gasteiger partial charge in [0.05, 0.1) is 11.8 Å². The molecule has 0 saturated carbocycles. The first-order valence-corrected chi connectivity index (χ1v) is 11.0. The Morgan fingerprint density at radius 1 is 1.09 bits per heavy atom. The van der Waals surface area contributed by atoms with E-state index in [1.165, 1.54) is 28.8 Å². The van der Waals surface area contributed by atoms with Gasteiger partial charge in [0, 0.05) is 0 Å². The Morgan fingerprint density at radius 3 is 2.65 bits per heavy atom. The van der Waals surface area contributed by atoms with Crippen molar-refractivity contribution in [2.24, 2.45) is 4.99 Å². The van der Waals surface area contributed by atoms with Gasteiger partial charge in [-0.05, 0) is 60.4 Å². The highest BCUT2D eigenvalue weighted by Gasteiger charge is 2.31. The molecule has 0 aliphatic carbocycles. The van der Waals surface area contributed by atoms with Crippen LogP contribution in [-0.4, -0.2) is 22.8 Å². The van der Waals surface area contributed by atoms with Crippen molar-refractivity contribution >= 4 is 46.6 Å². The number of ether oxygens (including phenoxy) is 2. The van der Waals surface area contributed by atoms with E-state index in [0.717, 1.165) is 11.1 Å². The maximum Gasteiger partial charge on any atom is 0.433 e. The van der Waals surface area contributed by atoms with Gasteiger partial charge in [-0.15, -0.1) is 0 Å². The van der Waals surface area contributed by atoms with Crippen molar-refractivity contribution in [3.63, 3.8) is 0 Å². The van der Waals surface area contributed by atoms with Crippen LogP contribution < -0.4 is 14.4 Å². The van der Waals surface area contributed by atoms with E-state index in [2.05, 4.69) is 4.99 Å². The molecule has 34 heavy (non-hydrogen) atoms. The number of anilines is 1. The Hall–Kier alpha value is -4.31. The quantitative estimate of drug-likeness (QED) is 0.277. The number of hydrogen-bond donors (Lipinski definition) is 0. The number of benzene rings is 2. The highest BCUT2D eigenvalue weighted by atomic mass is 32.2. The molecule has 0 saturated heterocycles. The summed E-state index contributed by atoms with van der Waals surface area (Å²) >= 11 is 1.20. The molecule has 5 rings (SSSR count). The fourth-order valence-electron chi connectivity index (χ4n) is 3.35. The van der Waals surface area contributed by atoms with Crippen molar-refractivity contribution in [3.05, 3.63) is 92.7 Å². The highest BCUT2D eigenvalue weighted by Crippen LogP contribution is 2.35. The van der Waals surface area contributed by atoms with E-state index in [4.69, 9.17) is 13.9 Å². The van der Waals surface area contributed by atoms with E-state index < -0.39 is 4.92 Å². The molecule has 1 amide bonds. The third-order valence-electron chi connectivity index (χ3n) is 5.02. The number of rotatable bonds is 5. The van der Waals surface area contributed by atoms with Crippen molar-refractivity contribution in [2.45, 2.75) is 6.92 Å². The fourth-order valence-corrected chi connectivity index (χ4v) is 4.12. The standard InChI is InChI=1S/C24H17N3O6S/c1-15-2-5-17(6-3-15)26-23(28)19(12-16-4-8-20-21(13-16)32-14-31-20)25-24(26)34-11-10-18-7-9-22(33-18)27(29)30/h2-13H,14H2,1H3/b11-10+,19-12+. The first-order valence-electron chi connectivity index (χ1n) is 10.2. The van der Waals surface area contributed by atoms with Gasteiger partial charge in [-0.3, -0.25) is 19.8 Å². The van der Waals surface area contributed by atoms with Crippen LogP contribution in [0.1, 0.15) is 16.9 Å². The maximum absolute atomic E-state index is 13.3. The molecule has 0 unspecified atom stereocenters. The van der Waals surface area contributed by atoms with E-state index in [0.29, 0.717) is 28.1 Å². The number of furan rings is 1. The van der Waals surface area contributed by atoms with Crippen molar-refractivity contribution < 1.29 is 23.6 Å². The number of amides is 1. The van der Waals surface area contributed by atoms with E-state index >= 15 is 0 Å². The summed E-state index contributed by atoms with van der Waals surface area (Å²) in [6.45, 7) is 2.13. The average Bonchev–Trinajstić information content (AvgIpc) is 3.54. The monoisotopic (exact) mass is 475 g/mol. The van der Waals surface area contributed by atoms with Crippen molar-refractivity contribution in [1.82, 2.24) is 0 Å². The number of carbonyl (C=O) groups excluding carboxylic acids is 1. The lowest BCUT2D eigenvalue weighted by Gasteiger charge is -2.17. The number of fused-ring (bicyclic) bond motifs is 1. The Bertz CT molecular complexity index is 1370. The zero-order valence-electron chi connectivity index (χ0n) is 17.8. The third-order valence-corrected chi connectivity index (χ3v) is 5.78. The predicted molar refractivity (Wildman–Crippen MR) is 129 cm³/mol. The molecule has 9 nitrogen and oxygen atoms in total. The van der Waals surface area contributed by atoms with Crippen molar-refractivity contribution in [1.29, 1.82) is 0 Å². The van der Waals surface area contributed by atoms with Crippen LogP contribution in [-0.2, 0) is 4.79 Å². The maximum atomic E-state index is 13.3. The summed E-state index contributed by atoms with van der Waals surface area (Å²) < 4.78 is 15.9. The van der Waals surface area contributed by atoms with Crippen LogP contribution in [0.3, 0.4) is 0 Å². The topological polar surface area (TPSA) is 107 Å². The second kappa shape index (κ2) is 8.91. The number of nitro groups is 1. The molecule has 0 spiro atoms. The van der Waals surface area contributed by atoms with Gasteiger partial charge in [0.25, 0.3) is 5.91 Å². The number of aliphatic imine (C=N–C) groups is 1. The minimum atomic E-state index is -0.601. The van der Waals surface area contributed by atoms with Gasteiger partial charge in [0.2, 0.25) is 6.79 Å². The number of nitrogens with zero attached hydrogens (tertiary/aromatic N) is 3. The molecule has 10 heteroatoms. The molecule has 2 aliphatic heterocycles. The SMILES string of the molecule is Cc1ccc(N2C(=O)/C(=C\c3ccc4c(c3)OCO4)N=C2S/C=C/c2ccc([N+](=O)[O-])o2)cc1. The molecule has 2 aromatic carbocycles. The van der Waals surface area contributed by atoms with E-state index in [9.17, 15) is 14.9 Å². The van der Waals surface area contributed by atoms with Gasteiger partial charge in [0.15, 0.2) is 16.7 Å². The second-order valence-electron chi connectivity index (χ2n) is 7.37. The zero-order valence-corrected chi connectivity index (χ0v) is 18.7. The van der Waals surface area contributed by atoms with Gasteiger partial charge < -0.3 is 13.9 Å². The summed E-state index contributed by atoms with van der Waals surface area (Å²) in [6, 6.07) is 15.7. The molecule has 0 bridgehead atoms. The summed E-state index contributed by atoms with van der Waals surface area (Å²) in [4.78, 5) is 29.6. The van der Waals surface area contributed by atoms with Crippen LogP contribution in [0.15, 0.2) is 75.1 Å². The van der Waals surface area contributed by atoms with Gasteiger partial charge in [-0.2, -0.15) is 0 Å². The molecule has 3 heterocycles. The molecule has 0 atom stereocenters. The number of hydrogen-bond acceptors (Lipinski definition) is 8. The summed E-state index contributed by atoms with van der Waals surface area (Å²) in [7, 11) is 0. The summed E-state index contributed by atoms with van der Waals surface area (Å²) in [5.41, 5.74) is 2.77. The van der Waals surface area contributed by atoms with Gasteiger partial charge in [0.1, 0.15) is 16.4 Å². The minimum absolute atomic E-state index is 0.166. The first-order chi connectivity index (χ1) is 16.5. The van der Waals surface area contributed by atoms with Crippen LogP contribution in [0.2, 0.25) is 0 Å². The van der Waals surface area contributed by atoms with E-state index in [1.54, 1.807) is 29.7 Å². The normalized spacial score (nSPS) is 16.0. The number of carbonyl (C=O) groups is 1. The lowest BCUT2D eigenvalue weighted by atomic mass is 10.1. The smallest absolute Gasteiger partial charge is 0.433 e. The summed E-state index contributed by atoms with van der Waals surface area (Å²) in [6.07, 6.45) is 3.27. The first kappa shape index (κ1) is 21.5. The van der Waals surface area contributed by atoms with Crippen LogP contribution in [0.4, 0.5) is 11.6 Å². The summed E-state index contributed by atoms with van der Waals surface area (Å²) in [5.74, 6) is 0.981. The Kier molecular flexibility index (Phi) is 5.64. The molecule has 0 fully saturated rings. The van der Waals surface area contributed by atoms with Gasteiger partial charge >= 0.3 is 5.88 Å². The molecule has 0 N–H and O–H groups in total. The molecule has 0 radical (unpaired) electrons. The number of thioether (sulfide) groups is 1. The lowest BCUT2D eigenvalue weighted by Crippen LogP contribution is -2.29. The largest absolute Gasteiger partial charge is 0.454 e. The summed E-state index contributed by atoms with van der Waals surface area (Å²) in [5, 5.41) is 12.9. The Morgan fingerprint density at radius 2 is 1.88 bits per heavy atom. The molecule has 1 aromatic heterocycles. The zero-order chi connectivity index (χ0) is 23.7. The van der Waals surface area contributed by atoms with Crippen LogP contribution in [0, 0.1) is 17.0 Å². The van der Waals surface area contributed by atoms with Gasteiger partial charge in [-0.25, -0.2) is 4.99 Å². The van der Waals surface area contributed by atoms with Gasteiger partial charge in [-0.1, -0.05) is 35.5 Å². The van der Waals surface area contributed by atoms with E-state index in [-0.39, 0.29) is 24.3 Å². The van der Waals surface area contributed by atoms with Crippen molar-refractivity contribution in [2.75, 3.05) is 11.7 Å². The number of aryl methyl sites for hydroxylation is 1. The second-order valence-corrected chi connectivity index (χ2v) is 8.24. The Labute approximate surface area is 198 Å². The molecule has 3 aromatic rings. The molecular formula is C24H17N3O6S. The third kappa shape index (κ3) is 4.30. The number of amidine groups is 1. The highest BCUT2D eigenvalue weighted by molar-refractivity contribution is 8.16. The predicted octanol–water partition coefficient (Wildman–Crippen LogP) is 5.37. The van der Waals surface area contributed by atoms with E-state index in [1.807, 2.05) is 37.3 Å². The van der Waals surface area contributed by atoms with Crippen molar-refractivity contribution in [3.8, 4) is 11.5 Å². The Balaban J connectivity index is 1.44. The fraction of sp³-hybridized carbons (Fsp3) is 0.0833. The lowest BCUT2D eigenvalue weighted by molar-refractivity contribution is -0.402. The molecule has 2 aliphatic rings.